The van der Waals surface area contributed by atoms with E-state index in [0.29, 0.717) is 0 Å². The van der Waals surface area contributed by atoms with Gasteiger partial charge >= 0.3 is 0 Å². The van der Waals surface area contributed by atoms with Crippen LogP contribution in [0, 0.1) is 10.1 Å². The van der Waals surface area contributed by atoms with Gasteiger partial charge in [-0.25, -0.2) is 13.4 Å². The fourth-order valence-corrected chi connectivity index (χ4v) is 3.88. The first-order valence-electron chi connectivity index (χ1n) is 4.88. The van der Waals surface area contributed by atoms with Gasteiger partial charge in [0, 0.05) is 6.07 Å². The van der Waals surface area contributed by atoms with E-state index in [2.05, 4.69) is 9.71 Å². The van der Waals surface area contributed by atoms with Gasteiger partial charge in [0.25, 0.3) is 15.7 Å². The van der Waals surface area contributed by atoms with Crippen LogP contribution in [0.1, 0.15) is 0 Å². The van der Waals surface area contributed by atoms with Crippen LogP contribution >= 0.6 is 34.5 Å². The number of nitrogens with one attached hydrogen (secondary N) is 1. The summed E-state index contributed by atoms with van der Waals surface area (Å²) in [5.41, 5.74) is -0.208. The minimum atomic E-state index is -3.85. The molecule has 1 aromatic carbocycles. The van der Waals surface area contributed by atoms with Gasteiger partial charge in [0.2, 0.25) is 0 Å². The molecular formula is C9H5Cl2N3O4S2. The van der Waals surface area contributed by atoms with E-state index in [4.69, 9.17) is 23.2 Å². The van der Waals surface area contributed by atoms with E-state index < -0.39 is 14.9 Å². The first kappa shape index (κ1) is 15.0. The lowest BCUT2D eigenvalue weighted by atomic mass is 10.3. The highest BCUT2D eigenvalue weighted by molar-refractivity contribution is 7.94. The quantitative estimate of drug-likeness (QED) is 0.671. The zero-order valence-electron chi connectivity index (χ0n) is 9.41. The van der Waals surface area contributed by atoms with Gasteiger partial charge in [-0.2, -0.15) is 0 Å². The molecule has 0 aliphatic heterocycles. The Bertz CT molecular complexity index is 775. The van der Waals surface area contributed by atoms with Crippen molar-refractivity contribution < 1.29 is 13.3 Å². The number of aromatic nitrogens is 1. The molecule has 2 rings (SSSR count). The van der Waals surface area contributed by atoms with Gasteiger partial charge in [-0.3, -0.25) is 14.8 Å². The smallest absolute Gasteiger partial charge is 0.279 e. The van der Waals surface area contributed by atoms with Crippen molar-refractivity contribution in [3.63, 3.8) is 0 Å². The number of hydrogen-bond donors (Lipinski definition) is 1. The minimum absolute atomic E-state index is 0.0722. The number of hydrogen-bond acceptors (Lipinski definition) is 6. The molecule has 1 N–H and O–H groups in total. The summed E-state index contributed by atoms with van der Waals surface area (Å²) in [5, 5.41) is 10.4. The van der Waals surface area contributed by atoms with Crippen LogP contribution in [-0.4, -0.2) is 18.3 Å². The summed E-state index contributed by atoms with van der Waals surface area (Å²) in [5.74, 6) is 0. The van der Waals surface area contributed by atoms with E-state index in [9.17, 15) is 18.5 Å². The van der Waals surface area contributed by atoms with E-state index in [1.807, 2.05) is 0 Å². The van der Waals surface area contributed by atoms with Crippen LogP contribution in [0.3, 0.4) is 0 Å². The van der Waals surface area contributed by atoms with Crippen molar-refractivity contribution in [1.29, 1.82) is 0 Å². The SMILES string of the molecule is O=[N+]([O-])c1ccc(NS(=O)(=O)c2cnc(Cl)s2)cc1Cl. The molecule has 0 fully saturated rings. The Kier molecular flexibility index (Phi) is 4.14. The highest BCUT2D eigenvalue weighted by atomic mass is 35.5. The average Bonchev–Trinajstić information content (AvgIpc) is 2.75. The highest BCUT2D eigenvalue weighted by Gasteiger charge is 2.19. The normalized spacial score (nSPS) is 11.3. The first-order valence-corrected chi connectivity index (χ1v) is 7.93. The molecule has 0 spiro atoms. The summed E-state index contributed by atoms with van der Waals surface area (Å²) in [7, 11) is -3.85. The van der Waals surface area contributed by atoms with Crippen molar-refractivity contribution in [2.24, 2.45) is 0 Å². The van der Waals surface area contributed by atoms with Crippen LogP contribution in [0.25, 0.3) is 0 Å². The van der Waals surface area contributed by atoms with Crippen LogP contribution < -0.4 is 4.72 Å². The Morgan fingerprint density at radius 2 is 2.05 bits per heavy atom. The third-order valence-corrected chi connectivity index (χ3v) is 5.38. The van der Waals surface area contributed by atoms with E-state index >= 15 is 0 Å². The van der Waals surface area contributed by atoms with Crippen molar-refractivity contribution in [1.82, 2.24) is 4.98 Å². The van der Waals surface area contributed by atoms with E-state index in [1.54, 1.807) is 0 Å². The summed E-state index contributed by atoms with van der Waals surface area (Å²) in [6, 6.07) is 3.50. The van der Waals surface area contributed by atoms with Crippen LogP contribution in [0.2, 0.25) is 9.49 Å². The maximum atomic E-state index is 12.0. The Morgan fingerprint density at radius 3 is 2.55 bits per heavy atom. The van der Waals surface area contributed by atoms with E-state index in [0.717, 1.165) is 29.7 Å². The number of nitro benzene ring substituents is 1. The standard InChI is InChI=1S/C9H5Cl2N3O4S2/c10-6-3-5(1-2-7(6)14(15)16)13-20(17,18)8-4-12-9(11)19-8/h1-4,13H. The molecule has 0 amide bonds. The van der Waals surface area contributed by atoms with Gasteiger partial charge in [0.1, 0.15) is 5.02 Å². The highest BCUT2D eigenvalue weighted by Crippen LogP contribution is 2.29. The molecule has 0 aliphatic rings. The fourth-order valence-electron chi connectivity index (χ4n) is 1.29. The second kappa shape index (κ2) is 5.52. The lowest BCUT2D eigenvalue weighted by Crippen LogP contribution is -2.11. The molecule has 0 saturated carbocycles. The lowest BCUT2D eigenvalue weighted by molar-refractivity contribution is -0.384. The Balaban J connectivity index is 2.30. The Morgan fingerprint density at radius 1 is 1.35 bits per heavy atom. The van der Waals surface area contributed by atoms with Crippen LogP contribution in [0.15, 0.2) is 28.6 Å². The molecule has 0 radical (unpaired) electrons. The van der Waals surface area contributed by atoms with Gasteiger partial charge in [-0.15, -0.1) is 0 Å². The number of benzene rings is 1. The van der Waals surface area contributed by atoms with Gasteiger partial charge < -0.3 is 0 Å². The molecule has 106 valence electrons. The van der Waals surface area contributed by atoms with Crippen molar-refractivity contribution in [2.45, 2.75) is 4.21 Å². The zero-order valence-corrected chi connectivity index (χ0v) is 12.6. The van der Waals surface area contributed by atoms with E-state index in [-0.39, 0.29) is 25.1 Å². The molecule has 0 aliphatic carbocycles. The molecule has 1 aromatic heterocycles. The maximum absolute atomic E-state index is 12.0. The summed E-state index contributed by atoms with van der Waals surface area (Å²) in [6.07, 6.45) is 1.11. The zero-order chi connectivity index (χ0) is 14.9. The van der Waals surface area contributed by atoms with Crippen molar-refractivity contribution in [3.05, 3.63) is 44.0 Å². The third-order valence-electron chi connectivity index (χ3n) is 2.12. The molecule has 1 heterocycles. The number of nitro groups is 1. The Hall–Kier alpha value is -1.42. The molecule has 0 saturated heterocycles. The Labute approximate surface area is 127 Å². The fraction of sp³-hybridized carbons (Fsp3) is 0. The van der Waals surface area contributed by atoms with Gasteiger partial charge in [-0.05, 0) is 12.1 Å². The van der Waals surface area contributed by atoms with Gasteiger partial charge in [0.15, 0.2) is 8.68 Å². The number of sulfonamides is 1. The molecule has 2 aromatic rings. The molecule has 11 heteroatoms. The number of halogens is 2. The predicted molar refractivity (Wildman–Crippen MR) is 76.0 cm³/mol. The monoisotopic (exact) mass is 353 g/mol. The summed E-state index contributed by atoms with van der Waals surface area (Å²) >= 11 is 12.1. The second-order valence-electron chi connectivity index (χ2n) is 3.46. The van der Waals surface area contributed by atoms with E-state index in [1.165, 1.54) is 6.07 Å². The molecule has 0 unspecified atom stereocenters. The van der Waals surface area contributed by atoms with Crippen molar-refractivity contribution in [2.75, 3.05) is 4.72 Å². The second-order valence-corrected chi connectivity index (χ2v) is 7.39. The summed E-state index contributed by atoms with van der Waals surface area (Å²) in [6.45, 7) is 0. The molecule has 20 heavy (non-hydrogen) atoms. The van der Waals surface area contributed by atoms with Crippen LogP contribution in [-0.2, 0) is 10.0 Å². The van der Waals surface area contributed by atoms with Crippen LogP contribution in [0.4, 0.5) is 11.4 Å². The summed E-state index contributed by atoms with van der Waals surface area (Å²) in [4.78, 5) is 13.6. The number of anilines is 1. The van der Waals surface area contributed by atoms with Crippen molar-refractivity contribution in [3.8, 4) is 0 Å². The molecule has 7 nitrogen and oxygen atoms in total. The maximum Gasteiger partial charge on any atom is 0.288 e. The summed E-state index contributed by atoms with van der Waals surface area (Å²) < 4.78 is 26.2. The molecule has 0 bridgehead atoms. The third kappa shape index (κ3) is 3.18. The lowest BCUT2D eigenvalue weighted by Gasteiger charge is -2.06. The average molecular weight is 354 g/mol. The van der Waals surface area contributed by atoms with Crippen LogP contribution in [0.5, 0.6) is 0 Å². The predicted octanol–water partition coefficient (Wildman–Crippen LogP) is 3.16. The minimum Gasteiger partial charge on any atom is -0.279 e. The molecular weight excluding hydrogens is 349 g/mol. The number of rotatable bonds is 4. The van der Waals surface area contributed by atoms with Gasteiger partial charge in [-0.1, -0.05) is 34.5 Å². The molecule has 0 atom stereocenters. The number of thiazole rings is 1. The first-order chi connectivity index (χ1) is 9.29. The number of nitrogens with zero attached hydrogens (tertiary/aromatic N) is 2. The van der Waals surface area contributed by atoms with Gasteiger partial charge in [0.05, 0.1) is 16.8 Å². The van der Waals surface area contributed by atoms with Crippen molar-refractivity contribution >= 4 is 55.9 Å². The largest absolute Gasteiger partial charge is 0.288 e. The topological polar surface area (TPSA) is 102 Å².